The molecule has 5 atom stereocenters. The van der Waals surface area contributed by atoms with Crippen LogP contribution in [0.15, 0.2) is 18.2 Å². The molecule has 0 bridgehead atoms. The van der Waals surface area contributed by atoms with Gasteiger partial charge in [0.1, 0.15) is 11.5 Å². The summed E-state index contributed by atoms with van der Waals surface area (Å²) < 4.78 is 5.43. The van der Waals surface area contributed by atoms with Crippen LogP contribution < -0.4 is 10.5 Å². The Balaban J connectivity index is 1.62. The van der Waals surface area contributed by atoms with Gasteiger partial charge in [0.15, 0.2) is 0 Å². The molecule has 0 aromatic heterocycles. The molecule has 3 heteroatoms. The lowest BCUT2D eigenvalue weighted by molar-refractivity contribution is -0.129. The number of hydrogen-bond acceptors (Lipinski definition) is 3. The van der Waals surface area contributed by atoms with Gasteiger partial charge in [0.2, 0.25) is 0 Å². The molecule has 1 aromatic carbocycles. The number of carbonyl (C=O) groups excluding carboxylic acids is 1. The maximum atomic E-state index is 12.9. The second-order valence-corrected chi connectivity index (χ2v) is 9.03. The molecule has 142 valence electrons. The van der Waals surface area contributed by atoms with Gasteiger partial charge in [0, 0.05) is 11.8 Å². The van der Waals surface area contributed by atoms with Crippen LogP contribution in [-0.2, 0) is 11.2 Å². The Morgan fingerprint density at radius 1 is 1.27 bits per heavy atom. The summed E-state index contributed by atoms with van der Waals surface area (Å²) in [5.41, 5.74) is 8.64. The number of Topliss-reactive ketones (excluding diaryl/α,β-unsaturated/α-hetero) is 1. The number of aryl methyl sites for hydroxylation is 1. The van der Waals surface area contributed by atoms with E-state index >= 15 is 0 Å². The van der Waals surface area contributed by atoms with Crippen molar-refractivity contribution in [2.75, 3.05) is 13.7 Å². The van der Waals surface area contributed by atoms with Gasteiger partial charge in [-0.3, -0.25) is 4.79 Å². The highest BCUT2D eigenvalue weighted by atomic mass is 16.5. The van der Waals surface area contributed by atoms with E-state index in [1.807, 2.05) is 0 Å². The van der Waals surface area contributed by atoms with Crippen molar-refractivity contribution in [1.82, 2.24) is 0 Å². The topological polar surface area (TPSA) is 52.3 Å². The van der Waals surface area contributed by atoms with E-state index in [0.717, 1.165) is 44.4 Å². The molecule has 2 fully saturated rings. The molecule has 2 N–H and O–H groups in total. The monoisotopic (exact) mass is 355 g/mol. The Kier molecular flexibility index (Phi) is 4.85. The molecule has 0 heterocycles. The predicted molar refractivity (Wildman–Crippen MR) is 104 cm³/mol. The third-order valence-corrected chi connectivity index (χ3v) is 7.81. The van der Waals surface area contributed by atoms with Gasteiger partial charge in [-0.15, -0.1) is 0 Å². The molecule has 0 saturated heterocycles. The van der Waals surface area contributed by atoms with Crippen molar-refractivity contribution in [3.05, 3.63) is 29.3 Å². The van der Waals surface area contributed by atoms with Crippen molar-refractivity contribution in [3.8, 4) is 5.75 Å². The Labute approximate surface area is 157 Å². The maximum Gasteiger partial charge on any atom is 0.139 e. The molecule has 1 aromatic rings. The molecule has 0 spiro atoms. The molecule has 0 amide bonds. The van der Waals surface area contributed by atoms with Crippen LogP contribution in [0.3, 0.4) is 0 Å². The zero-order chi connectivity index (χ0) is 18.3. The summed E-state index contributed by atoms with van der Waals surface area (Å²) >= 11 is 0. The molecule has 0 aliphatic heterocycles. The number of nitrogens with two attached hydrogens (primary N) is 1. The van der Waals surface area contributed by atoms with E-state index in [1.54, 1.807) is 7.11 Å². The molecule has 0 radical (unpaired) electrons. The lowest BCUT2D eigenvalue weighted by Crippen LogP contribution is -2.44. The van der Waals surface area contributed by atoms with Gasteiger partial charge in [-0.05, 0) is 92.0 Å². The highest BCUT2D eigenvalue weighted by Crippen LogP contribution is 2.62. The fourth-order valence-electron chi connectivity index (χ4n) is 6.56. The number of ether oxygens (including phenoxy) is 1. The van der Waals surface area contributed by atoms with Gasteiger partial charge < -0.3 is 10.5 Å². The lowest BCUT2D eigenvalue weighted by Gasteiger charge is -2.50. The molecule has 1 unspecified atom stereocenters. The Morgan fingerprint density at radius 3 is 2.88 bits per heavy atom. The second kappa shape index (κ2) is 6.99. The van der Waals surface area contributed by atoms with E-state index in [9.17, 15) is 4.79 Å². The molecule has 26 heavy (non-hydrogen) atoms. The van der Waals surface area contributed by atoms with Crippen molar-refractivity contribution < 1.29 is 9.53 Å². The largest absolute Gasteiger partial charge is 0.497 e. The zero-order valence-electron chi connectivity index (χ0n) is 16.3. The molecule has 3 aliphatic rings. The van der Waals surface area contributed by atoms with E-state index in [4.69, 9.17) is 10.5 Å². The van der Waals surface area contributed by atoms with Crippen LogP contribution in [-0.4, -0.2) is 19.4 Å². The standard InChI is InChI=1S/C23H33NO2/c1-23-11-10-19-18-9-7-17(26-2)13-15(18)6-8-20(19)22(23)16(14-21(23)25)5-3-4-12-24/h7,9,13,16,19-20,22H,3-6,8,10-12,14,24H2,1-2H3/t16-,19-,20?,22+,23-/m1/s1. The summed E-state index contributed by atoms with van der Waals surface area (Å²) in [5.74, 6) is 3.96. The highest BCUT2D eigenvalue weighted by Gasteiger charge is 2.58. The van der Waals surface area contributed by atoms with Crippen LogP contribution in [0.25, 0.3) is 0 Å². The lowest BCUT2D eigenvalue weighted by atomic mass is 9.54. The minimum Gasteiger partial charge on any atom is -0.497 e. The van der Waals surface area contributed by atoms with Crippen LogP contribution in [0.4, 0.5) is 0 Å². The van der Waals surface area contributed by atoms with E-state index in [2.05, 4.69) is 25.1 Å². The molecule has 4 rings (SSSR count). The van der Waals surface area contributed by atoms with Crippen LogP contribution >= 0.6 is 0 Å². The van der Waals surface area contributed by atoms with Crippen molar-refractivity contribution in [2.45, 2.75) is 64.2 Å². The SMILES string of the molecule is COc1ccc2c(c1)CCC1[C@@H]2CC[C@]2(C)C(=O)C[C@@H](CCCCN)[C@@H]12. The van der Waals surface area contributed by atoms with E-state index < -0.39 is 0 Å². The zero-order valence-corrected chi connectivity index (χ0v) is 16.3. The third kappa shape index (κ3) is 2.79. The van der Waals surface area contributed by atoms with E-state index in [-0.39, 0.29) is 5.41 Å². The molecule has 3 nitrogen and oxygen atoms in total. The maximum absolute atomic E-state index is 12.9. The fraction of sp³-hybridized carbons (Fsp3) is 0.696. The number of benzene rings is 1. The first kappa shape index (κ1) is 18.0. The highest BCUT2D eigenvalue weighted by molar-refractivity contribution is 5.87. The summed E-state index contributed by atoms with van der Waals surface area (Å²) in [7, 11) is 1.75. The van der Waals surface area contributed by atoms with Crippen molar-refractivity contribution in [1.29, 1.82) is 0 Å². The van der Waals surface area contributed by atoms with Gasteiger partial charge in [-0.2, -0.15) is 0 Å². The molecule has 2 saturated carbocycles. The van der Waals surface area contributed by atoms with Gasteiger partial charge in [0.25, 0.3) is 0 Å². The summed E-state index contributed by atoms with van der Waals surface area (Å²) in [5, 5.41) is 0. The van der Waals surface area contributed by atoms with E-state index in [1.165, 1.54) is 30.4 Å². The molecule has 3 aliphatic carbocycles. The van der Waals surface area contributed by atoms with Gasteiger partial charge >= 0.3 is 0 Å². The Morgan fingerprint density at radius 2 is 2.12 bits per heavy atom. The van der Waals surface area contributed by atoms with Crippen molar-refractivity contribution in [3.63, 3.8) is 0 Å². The van der Waals surface area contributed by atoms with Gasteiger partial charge in [-0.25, -0.2) is 0 Å². The van der Waals surface area contributed by atoms with E-state index in [0.29, 0.717) is 29.5 Å². The first-order chi connectivity index (χ1) is 12.6. The van der Waals surface area contributed by atoms with Gasteiger partial charge in [-0.1, -0.05) is 19.4 Å². The second-order valence-electron chi connectivity index (χ2n) is 9.03. The third-order valence-electron chi connectivity index (χ3n) is 7.81. The van der Waals surface area contributed by atoms with Crippen LogP contribution in [0.1, 0.15) is 68.9 Å². The number of hydrogen-bond donors (Lipinski definition) is 1. The number of methoxy groups -OCH3 is 1. The van der Waals surface area contributed by atoms with Crippen molar-refractivity contribution in [2.24, 2.45) is 28.9 Å². The molecular formula is C23H33NO2. The number of rotatable bonds is 5. The summed E-state index contributed by atoms with van der Waals surface area (Å²) in [6.45, 7) is 3.05. The minimum atomic E-state index is -0.0709. The quantitative estimate of drug-likeness (QED) is 0.793. The fourth-order valence-corrected chi connectivity index (χ4v) is 6.56. The number of unbranched alkanes of at least 4 members (excludes halogenated alkanes) is 1. The number of fused-ring (bicyclic) bond motifs is 5. The number of ketones is 1. The normalized spacial score (nSPS) is 35.6. The van der Waals surface area contributed by atoms with Crippen LogP contribution in [0.5, 0.6) is 5.75 Å². The minimum absolute atomic E-state index is 0.0709. The Bertz CT molecular complexity index is 685. The first-order valence-corrected chi connectivity index (χ1v) is 10.5. The van der Waals surface area contributed by atoms with Crippen LogP contribution in [0.2, 0.25) is 0 Å². The van der Waals surface area contributed by atoms with Gasteiger partial charge in [0.05, 0.1) is 7.11 Å². The van der Waals surface area contributed by atoms with Crippen molar-refractivity contribution >= 4 is 5.78 Å². The summed E-state index contributed by atoms with van der Waals surface area (Å²) in [6.07, 6.45) is 8.84. The van der Waals surface area contributed by atoms with Crippen LogP contribution in [0, 0.1) is 23.2 Å². The Hall–Kier alpha value is -1.35. The first-order valence-electron chi connectivity index (χ1n) is 10.5. The smallest absolute Gasteiger partial charge is 0.139 e. The summed E-state index contributed by atoms with van der Waals surface area (Å²) in [6, 6.07) is 6.65. The number of carbonyl (C=O) groups is 1. The summed E-state index contributed by atoms with van der Waals surface area (Å²) in [4.78, 5) is 12.9. The average Bonchev–Trinajstić information content (AvgIpc) is 2.91. The molecular weight excluding hydrogens is 322 g/mol. The average molecular weight is 356 g/mol. The predicted octanol–water partition coefficient (Wildman–Crippen LogP) is 4.48.